The number of benzene rings is 1. The van der Waals surface area contributed by atoms with E-state index in [0.717, 1.165) is 12.1 Å². The summed E-state index contributed by atoms with van der Waals surface area (Å²) in [6, 6.07) is 3.01. The van der Waals surface area contributed by atoms with Crippen LogP contribution in [-0.4, -0.2) is 26.2 Å². The molecule has 0 saturated carbocycles. The van der Waals surface area contributed by atoms with Crippen molar-refractivity contribution in [2.75, 3.05) is 6.61 Å². The fraction of sp³-hybridized carbons (Fsp3) is 0.455. The summed E-state index contributed by atoms with van der Waals surface area (Å²) in [6.45, 7) is 1.23. The highest BCUT2D eigenvalue weighted by atomic mass is 32.2. The van der Waals surface area contributed by atoms with Crippen LogP contribution in [0, 0.1) is 0 Å². The van der Waals surface area contributed by atoms with E-state index in [1.165, 1.54) is 6.92 Å². The molecule has 0 aliphatic rings. The van der Waals surface area contributed by atoms with E-state index < -0.39 is 28.0 Å². The van der Waals surface area contributed by atoms with E-state index in [0.29, 0.717) is 12.1 Å². The van der Waals surface area contributed by atoms with Crippen LogP contribution in [0.1, 0.15) is 18.9 Å². The number of rotatable bonds is 5. The molecule has 1 atom stereocenters. The summed E-state index contributed by atoms with van der Waals surface area (Å²) >= 11 is 0. The van der Waals surface area contributed by atoms with Crippen LogP contribution in [0.3, 0.4) is 0 Å². The Morgan fingerprint density at radius 3 is 2.21 bits per heavy atom. The molecule has 108 valence electrons. The number of hydrogen-bond donors (Lipinski definition) is 1. The van der Waals surface area contributed by atoms with Crippen molar-refractivity contribution < 1.29 is 30.9 Å². The topological polar surface area (TPSA) is 63.6 Å². The Kier molecular flexibility index (Phi) is 4.94. The molecule has 0 unspecified atom stereocenters. The first-order chi connectivity index (χ1) is 8.63. The minimum Gasteiger partial charge on any atom is -0.393 e. The van der Waals surface area contributed by atoms with Gasteiger partial charge in [0, 0.05) is 0 Å². The Morgan fingerprint density at radius 2 is 1.79 bits per heavy atom. The third kappa shape index (κ3) is 4.81. The molecule has 1 aromatic rings. The van der Waals surface area contributed by atoms with Crippen LogP contribution < -0.4 is 0 Å². The average Bonchev–Trinajstić information content (AvgIpc) is 2.27. The van der Waals surface area contributed by atoms with Gasteiger partial charge in [-0.1, -0.05) is 0 Å². The van der Waals surface area contributed by atoms with E-state index >= 15 is 0 Å². The van der Waals surface area contributed by atoms with Crippen LogP contribution in [0.4, 0.5) is 13.2 Å². The lowest BCUT2D eigenvalue weighted by Gasteiger charge is -2.09. The summed E-state index contributed by atoms with van der Waals surface area (Å²) < 4.78 is 64.7. The standard InChI is InChI=1S/C11H13F3O4S/c1-8(15)6-7-18-19(16,17)10-4-2-9(3-5-10)11(12,13)14/h2-5,8,15H,6-7H2,1H3/t8-/m0/s1. The van der Waals surface area contributed by atoms with Gasteiger partial charge >= 0.3 is 6.18 Å². The first kappa shape index (κ1) is 15.9. The van der Waals surface area contributed by atoms with Gasteiger partial charge < -0.3 is 5.11 Å². The van der Waals surface area contributed by atoms with Crippen molar-refractivity contribution in [3.63, 3.8) is 0 Å². The van der Waals surface area contributed by atoms with Crippen molar-refractivity contribution in [3.05, 3.63) is 29.8 Å². The largest absolute Gasteiger partial charge is 0.416 e. The minimum absolute atomic E-state index is 0.111. The number of alkyl halides is 3. The average molecular weight is 298 g/mol. The normalized spacial score (nSPS) is 14.4. The van der Waals surface area contributed by atoms with E-state index in [1.54, 1.807) is 0 Å². The molecule has 0 aliphatic heterocycles. The van der Waals surface area contributed by atoms with E-state index in [9.17, 15) is 21.6 Å². The zero-order valence-corrected chi connectivity index (χ0v) is 10.8. The first-order valence-electron chi connectivity index (χ1n) is 5.37. The third-order valence-electron chi connectivity index (χ3n) is 2.24. The van der Waals surface area contributed by atoms with Crippen LogP contribution in [0.15, 0.2) is 29.2 Å². The molecule has 0 fully saturated rings. The molecule has 0 saturated heterocycles. The lowest BCUT2D eigenvalue weighted by molar-refractivity contribution is -0.137. The van der Waals surface area contributed by atoms with Gasteiger partial charge in [0.15, 0.2) is 0 Å². The van der Waals surface area contributed by atoms with Gasteiger partial charge in [-0.05, 0) is 37.6 Å². The van der Waals surface area contributed by atoms with Crippen molar-refractivity contribution >= 4 is 10.1 Å². The maximum atomic E-state index is 12.3. The molecule has 0 heterocycles. The van der Waals surface area contributed by atoms with Crippen molar-refractivity contribution in [3.8, 4) is 0 Å². The molecule has 1 aromatic carbocycles. The molecule has 4 nitrogen and oxygen atoms in total. The first-order valence-corrected chi connectivity index (χ1v) is 6.78. The summed E-state index contributed by atoms with van der Waals surface area (Å²) in [5.74, 6) is 0. The molecule has 0 amide bonds. The van der Waals surface area contributed by atoms with Gasteiger partial charge in [0.05, 0.1) is 23.2 Å². The summed E-state index contributed by atoms with van der Waals surface area (Å²) in [5.41, 5.74) is -0.935. The fourth-order valence-corrected chi connectivity index (χ4v) is 2.13. The second-order valence-corrected chi connectivity index (χ2v) is 5.55. The van der Waals surface area contributed by atoms with Crippen LogP contribution in [-0.2, 0) is 20.5 Å². The number of aliphatic hydroxyl groups is 1. The lowest BCUT2D eigenvalue weighted by Crippen LogP contribution is -2.12. The van der Waals surface area contributed by atoms with Crippen LogP contribution >= 0.6 is 0 Å². The van der Waals surface area contributed by atoms with E-state index in [1.807, 2.05) is 0 Å². The second kappa shape index (κ2) is 5.89. The molecular formula is C11H13F3O4S. The Balaban J connectivity index is 2.80. The van der Waals surface area contributed by atoms with Gasteiger partial charge in [-0.25, -0.2) is 0 Å². The molecule has 0 radical (unpaired) electrons. The van der Waals surface area contributed by atoms with Crippen molar-refractivity contribution in [1.29, 1.82) is 0 Å². The molecule has 0 aromatic heterocycles. The zero-order valence-electron chi connectivity index (χ0n) is 10.0. The Bertz CT molecular complexity index is 506. The Labute approximate surface area is 108 Å². The molecular weight excluding hydrogens is 285 g/mol. The lowest BCUT2D eigenvalue weighted by atomic mass is 10.2. The van der Waals surface area contributed by atoms with Crippen molar-refractivity contribution in [1.82, 2.24) is 0 Å². The van der Waals surface area contributed by atoms with E-state index in [-0.39, 0.29) is 17.9 Å². The monoisotopic (exact) mass is 298 g/mol. The fourth-order valence-electron chi connectivity index (χ4n) is 1.21. The quantitative estimate of drug-likeness (QED) is 0.846. The minimum atomic E-state index is -4.52. The van der Waals surface area contributed by atoms with E-state index in [2.05, 4.69) is 4.18 Å². The van der Waals surface area contributed by atoms with E-state index in [4.69, 9.17) is 5.11 Å². The molecule has 0 aliphatic carbocycles. The number of aliphatic hydroxyl groups excluding tert-OH is 1. The van der Waals surface area contributed by atoms with Gasteiger partial charge in [0.1, 0.15) is 0 Å². The van der Waals surface area contributed by atoms with Crippen molar-refractivity contribution in [2.45, 2.75) is 30.5 Å². The highest BCUT2D eigenvalue weighted by Gasteiger charge is 2.30. The Hall–Kier alpha value is -1.12. The van der Waals surface area contributed by atoms with Gasteiger partial charge in [-0.3, -0.25) is 4.18 Å². The van der Waals surface area contributed by atoms with Gasteiger partial charge in [-0.15, -0.1) is 0 Å². The SMILES string of the molecule is C[C@H](O)CCOS(=O)(=O)c1ccc(C(F)(F)F)cc1. The summed E-state index contributed by atoms with van der Waals surface area (Å²) in [6.07, 6.45) is -5.13. The Morgan fingerprint density at radius 1 is 1.26 bits per heavy atom. The summed E-state index contributed by atoms with van der Waals surface area (Å²) in [7, 11) is -4.10. The van der Waals surface area contributed by atoms with Gasteiger partial charge in [0.25, 0.3) is 10.1 Å². The summed E-state index contributed by atoms with van der Waals surface area (Å²) in [5, 5.41) is 8.95. The van der Waals surface area contributed by atoms with Gasteiger partial charge in [0.2, 0.25) is 0 Å². The maximum absolute atomic E-state index is 12.3. The smallest absolute Gasteiger partial charge is 0.393 e. The van der Waals surface area contributed by atoms with Gasteiger partial charge in [-0.2, -0.15) is 21.6 Å². The molecule has 0 spiro atoms. The zero-order chi connectivity index (χ0) is 14.7. The second-order valence-electron chi connectivity index (χ2n) is 3.94. The highest BCUT2D eigenvalue weighted by molar-refractivity contribution is 7.86. The number of halogens is 3. The van der Waals surface area contributed by atoms with Crippen LogP contribution in [0.25, 0.3) is 0 Å². The molecule has 19 heavy (non-hydrogen) atoms. The number of hydrogen-bond acceptors (Lipinski definition) is 4. The highest BCUT2D eigenvalue weighted by Crippen LogP contribution is 2.29. The molecule has 0 bridgehead atoms. The molecule has 1 rings (SSSR count). The van der Waals surface area contributed by atoms with Crippen LogP contribution in [0.2, 0.25) is 0 Å². The maximum Gasteiger partial charge on any atom is 0.416 e. The molecule has 8 heteroatoms. The summed E-state index contributed by atoms with van der Waals surface area (Å²) in [4.78, 5) is -0.355. The van der Waals surface area contributed by atoms with Crippen molar-refractivity contribution in [2.24, 2.45) is 0 Å². The predicted molar refractivity (Wildman–Crippen MR) is 60.9 cm³/mol. The molecule has 1 N–H and O–H groups in total. The predicted octanol–water partition coefficient (Wildman–Crippen LogP) is 2.18. The third-order valence-corrected chi connectivity index (χ3v) is 3.57. The van der Waals surface area contributed by atoms with Crippen LogP contribution in [0.5, 0.6) is 0 Å².